The molecule has 0 unspecified atom stereocenters. The van der Waals surface area contributed by atoms with Crippen LogP contribution in [0.15, 0.2) is 28.9 Å². The van der Waals surface area contributed by atoms with E-state index in [0.717, 1.165) is 0 Å². The summed E-state index contributed by atoms with van der Waals surface area (Å²) in [6.07, 6.45) is 4.56. The lowest BCUT2D eigenvalue weighted by molar-refractivity contribution is -0.127. The Balaban J connectivity index is 2.52. The van der Waals surface area contributed by atoms with Crippen molar-refractivity contribution >= 4 is 12.0 Å². The van der Waals surface area contributed by atoms with Gasteiger partial charge in [-0.1, -0.05) is 0 Å². The summed E-state index contributed by atoms with van der Waals surface area (Å²) in [5.74, 6) is 0.446. The van der Waals surface area contributed by atoms with Crippen molar-refractivity contribution in [2.24, 2.45) is 0 Å². The van der Waals surface area contributed by atoms with Gasteiger partial charge >= 0.3 is 0 Å². The monoisotopic (exact) mass is 239 g/mol. The van der Waals surface area contributed by atoms with Crippen molar-refractivity contribution < 1.29 is 19.1 Å². The second-order valence-corrected chi connectivity index (χ2v) is 3.39. The highest BCUT2D eigenvalue weighted by atomic mass is 16.5. The van der Waals surface area contributed by atoms with Gasteiger partial charge in [-0.25, -0.2) is 0 Å². The molecular weight excluding hydrogens is 222 g/mol. The second-order valence-electron chi connectivity index (χ2n) is 3.39. The van der Waals surface area contributed by atoms with Gasteiger partial charge in [-0.05, 0) is 18.2 Å². The number of nitrogens with zero attached hydrogens (tertiary/aromatic N) is 1. The van der Waals surface area contributed by atoms with E-state index < -0.39 is 0 Å². The van der Waals surface area contributed by atoms with E-state index in [9.17, 15) is 4.79 Å². The van der Waals surface area contributed by atoms with Gasteiger partial charge in [0, 0.05) is 26.3 Å². The Kier molecular flexibility index (Phi) is 6.06. The third-order valence-electron chi connectivity index (χ3n) is 2.18. The topological polar surface area (TPSA) is 62.9 Å². The van der Waals surface area contributed by atoms with Crippen LogP contribution in [0.3, 0.4) is 0 Å². The van der Waals surface area contributed by atoms with Crippen LogP contribution in [-0.2, 0) is 9.53 Å². The average molecular weight is 239 g/mol. The maximum Gasteiger partial charge on any atom is 0.246 e. The Morgan fingerprint density at radius 3 is 3.00 bits per heavy atom. The predicted octanol–water partition coefficient (Wildman–Crippen LogP) is 0.760. The van der Waals surface area contributed by atoms with E-state index in [1.807, 2.05) is 0 Å². The van der Waals surface area contributed by atoms with Gasteiger partial charge in [-0.15, -0.1) is 0 Å². The van der Waals surface area contributed by atoms with Gasteiger partial charge in [-0.3, -0.25) is 4.79 Å². The second kappa shape index (κ2) is 7.65. The maximum absolute atomic E-state index is 11.8. The summed E-state index contributed by atoms with van der Waals surface area (Å²) in [7, 11) is 1.57. The molecule has 17 heavy (non-hydrogen) atoms. The van der Waals surface area contributed by atoms with Crippen LogP contribution in [0.5, 0.6) is 0 Å². The highest BCUT2D eigenvalue weighted by Gasteiger charge is 2.09. The molecule has 0 aromatic carbocycles. The minimum Gasteiger partial charge on any atom is -0.465 e. The number of ether oxygens (including phenoxy) is 1. The average Bonchev–Trinajstić information content (AvgIpc) is 2.84. The van der Waals surface area contributed by atoms with Crippen LogP contribution in [0.2, 0.25) is 0 Å². The van der Waals surface area contributed by atoms with Crippen LogP contribution in [0.25, 0.3) is 6.08 Å². The van der Waals surface area contributed by atoms with Gasteiger partial charge < -0.3 is 19.2 Å². The van der Waals surface area contributed by atoms with Crippen molar-refractivity contribution in [1.82, 2.24) is 4.90 Å². The predicted molar refractivity (Wildman–Crippen MR) is 63.3 cm³/mol. The summed E-state index contributed by atoms with van der Waals surface area (Å²) >= 11 is 0. The number of hydrogen-bond acceptors (Lipinski definition) is 4. The molecule has 0 fully saturated rings. The fourth-order valence-electron chi connectivity index (χ4n) is 1.30. The van der Waals surface area contributed by atoms with Crippen molar-refractivity contribution in [3.8, 4) is 0 Å². The number of carbonyl (C=O) groups is 1. The smallest absolute Gasteiger partial charge is 0.246 e. The third-order valence-corrected chi connectivity index (χ3v) is 2.18. The zero-order valence-electron chi connectivity index (χ0n) is 9.83. The maximum atomic E-state index is 11.8. The van der Waals surface area contributed by atoms with Crippen LogP contribution in [0.4, 0.5) is 0 Å². The Morgan fingerprint density at radius 1 is 1.59 bits per heavy atom. The first-order valence-corrected chi connectivity index (χ1v) is 5.38. The zero-order chi connectivity index (χ0) is 12.5. The van der Waals surface area contributed by atoms with Gasteiger partial charge in [0.05, 0.1) is 19.5 Å². The fraction of sp³-hybridized carbons (Fsp3) is 0.417. The summed E-state index contributed by atoms with van der Waals surface area (Å²) in [6, 6.07) is 3.51. The Hall–Kier alpha value is -1.59. The molecule has 0 spiro atoms. The van der Waals surface area contributed by atoms with E-state index in [2.05, 4.69) is 0 Å². The lowest BCUT2D eigenvalue weighted by atomic mass is 10.3. The van der Waals surface area contributed by atoms with Crippen molar-refractivity contribution in [3.05, 3.63) is 30.2 Å². The molecule has 0 atom stereocenters. The minimum absolute atomic E-state index is 0.0654. The molecule has 1 heterocycles. The third kappa shape index (κ3) is 4.84. The first-order valence-electron chi connectivity index (χ1n) is 5.38. The van der Waals surface area contributed by atoms with Gasteiger partial charge in [0.25, 0.3) is 0 Å². The van der Waals surface area contributed by atoms with Crippen molar-refractivity contribution in [1.29, 1.82) is 0 Å². The lowest BCUT2D eigenvalue weighted by Gasteiger charge is -2.19. The van der Waals surface area contributed by atoms with Gasteiger partial charge in [0.2, 0.25) is 5.91 Å². The molecule has 94 valence electrons. The van der Waals surface area contributed by atoms with E-state index in [4.69, 9.17) is 14.3 Å². The number of hydrogen-bond donors (Lipinski definition) is 1. The van der Waals surface area contributed by atoms with E-state index in [-0.39, 0.29) is 12.5 Å². The Labute approximate surface area is 100 Å². The molecule has 1 amide bonds. The molecule has 0 aliphatic carbocycles. The quantitative estimate of drug-likeness (QED) is 0.713. The minimum atomic E-state index is -0.174. The van der Waals surface area contributed by atoms with Gasteiger partial charge in [-0.2, -0.15) is 0 Å². The largest absolute Gasteiger partial charge is 0.465 e. The summed E-state index contributed by atoms with van der Waals surface area (Å²) in [6.45, 7) is 1.13. The van der Waals surface area contributed by atoms with Crippen LogP contribution in [0, 0.1) is 0 Å². The molecule has 0 aliphatic heterocycles. The lowest BCUT2D eigenvalue weighted by Crippen LogP contribution is -2.34. The SMILES string of the molecule is COCCN(CCO)C(=O)/C=C/c1ccco1. The molecule has 0 bridgehead atoms. The summed E-state index contributed by atoms with van der Waals surface area (Å²) < 4.78 is 9.97. The molecular formula is C12H17NO4. The Morgan fingerprint density at radius 2 is 2.41 bits per heavy atom. The Bertz CT molecular complexity index is 345. The summed E-state index contributed by atoms with van der Waals surface area (Å²) in [5.41, 5.74) is 0. The van der Waals surface area contributed by atoms with E-state index in [0.29, 0.717) is 25.5 Å². The number of amides is 1. The number of furan rings is 1. The molecule has 0 saturated heterocycles. The highest BCUT2D eigenvalue weighted by Crippen LogP contribution is 2.03. The fourth-order valence-corrected chi connectivity index (χ4v) is 1.30. The molecule has 0 saturated carbocycles. The van der Waals surface area contributed by atoms with E-state index >= 15 is 0 Å². The van der Waals surface area contributed by atoms with Crippen molar-refractivity contribution in [2.75, 3.05) is 33.4 Å². The number of aliphatic hydroxyl groups excluding tert-OH is 1. The normalized spacial score (nSPS) is 10.9. The molecule has 1 aromatic heterocycles. The van der Waals surface area contributed by atoms with Crippen LogP contribution >= 0.6 is 0 Å². The van der Waals surface area contributed by atoms with Crippen molar-refractivity contribution in [3.63, 3.8) is 0 Å². The van der Waals surface area contributed by atoms with Crippen molar-refractivity contribution in [2.45, 2.75) is 0 Å². The highest BCUT2D eigenvalue weighted by molar-refractivity contribution is 5.91. The first-order chi connectivity index (χ1) is 8.27. The van der Waals surface area contributed by atoms with E-state index in [1.165, 1.54) is 11.0 Å². The number of methoxy groups -OCH3 is 1. The molecule has 0 aliphatic rings. The van der Waals surface area contributed by atoms with E-state index in [1.54, 1.807) is 31.6 Å². The van der Waals surface area contributed by atoms with Crippen LogP contribution < -0.4 is 0 Å². The standard InChI is InChI=1S/C12H17NO4/c1-16-10-7-13(6-8-14)12(15)5-4-11-3-2-9-17-11/h2-5,9,14H,6-8,10H2,1H3/b5-4+. The van der Waals surface area contributed by atoms with Crippen LogP contribution in [0.1, 0.15) is 5.76 Å². The number of rotatable bonds is 7. The molecule has 1 aromatic rings. The molecule has 5 nitrogen and oxygen atoms in total. The van der Waals surface area contributed by atoms with Gasteiger partial charge in [0.15, 0.2) is 0 Å². The zero-order valence-corrected chi connectivity index (χ0v) is 9.83. The molecule has 0 radical (unpaired) electrons. The molecule has 5 heteroatoms. The summed E-state index contributed by atoms with van der Waals surface area (Å²) in [4.78, 5) is 13.3. The van der Waals surface area contributed by atoms with Crippen LogP contribution in [-0.4, -0.2) is 49.3 Å². The first kappa shape index (κ1) is 13.5. The molecule has 1 N–H and O–H groups in total. The number of aliphatic hydroxyl groups is 1. The summed E-state index contributed by atoms with van der Waals surface area (Å²) in [5, 5.41) is 8.86. The number of carbonyl (C=O) groups excluding carboxylic acids is 1. The molecule has 1 rings (SSSR count). The van der Waals surface area contributed by atoms with Gasteiger partial charge in [0.1, 0.15) is 5.76 Å².